The average molecular weight is 273 g/mol. The van der Waals surface area contributed by atoms with Crippen LogP contribution in [0.5, 0.6) is 0 Å². The Kier molecular flexibility index (Phi) is 3.13. The van der Waals surface area contributed by atoms with Gasteiger partial charge in [0.2, 0.25) is 0 Å². The van der Waals surface area contributed by atoms with Gasteiger partial charge in [0.1, 0.15) is 5.82 Å². The molecular formula is C14H12FN3S. The molecule has 0 fully saturated rings. The van der Waals surface area contributed by atoms with Crippen LogP contribution in [-0.4, -0.2) is 9.97 Å². The van der Waals surface area contributed by atoms with Gasteiger partial charge in [-0.1, -0.05) is 17.4 Å². The molecule has 0 aliphatic heterocycles. The van der Waals surface area contributed by atoms with E-state index in [1.165, 1.54) is 23.5 Å². The summed E-state index contributed by atoms with van der Waals surface area (Å²) >= 11 is 1.51. The predicted molar refractivity (Wildman–Crippen MR) is 75.9 cm³/mol. The van der Waals surface area contributed by atoms with Crippen LogP contribution < -0.4 is 5.32 Å². The van der Waals surface area contributed by atoms with Gasteiger partial charge < -0.3 is 5.32 Å². The standard InChI is InChI=1S/C14H12FN3S/c1-9-3-2-4-11(17-9)8-16-14-18-12-7-10(15)5-6-13(12)19-14/h2-7H,8H2,1H3,(H,16,18). The third kappa shape index (κ3) is 2.71. The van der Waals surface area contributed by atoms with E-state index in [0.29, 0.717) is 12.1 Å². The number of benzene rings is 1. The van der Waals surface area contributed by atoms with Crippen molar-refractivity contribution in [3.8, 4) is 0 Å². The highest BCUT2D eigenvalue weighted by Gasteiger charge is 2.04. The van der Waals surface area contributed by atoms with E-state index in [1.54, 1.807) is 6.07 Å². The van der Waals surface area contributed by atoms with Gasteiger partial charge in [-0.05, 0) is 31.2 Å². The normalized spacial score (nSPS) is 10.8. The molecule has 0 atom stereocenters. The van der Waals surface area contributed by atoms with Crippen molar-refractivity contribution in [2.45, 2.75) is 13.5 Å². The van der Waals surface area contributed by atoms with E-state index >= 15 is 0 Å². The molecule has 0 saturated heterocycles. The Hall–Kier alpha value is -2.01. The maximum Gasteiger partial charge on any atom is 0.184 e. The number of pyridine rings is 1. The first-order chi connectivity index (χ1) is 9.20. The van der Waals surface area contributed by atoms with E-state index in [-0.39, 0.29) is 5.82 Å². The molecule has 0 aliphatic rings. The Labute approximate surface area is 114 Å². The van der Waals surface area contributed by atoms with Crippen LogP contribution in [0.3, 0.4) is 0 Å². The molecule has 3 rings (SSSR count). The zero-order valence-electron chi connectivity index (χ0n) is 10.4. The fourth-order valence-electron chi connectivity index (χ4n) is 1.84. The molecule has 1 aromatic carbocycles. The summed E-state index contributed by atoms with van der Waals surface area (Å²) in [5.74, 6) is -0.260. The summed E-state index contributed by atoms with van der Waals surface area (Å²) in [6.45, 7) is 2.58. The molecule has 0 spiro atoms. The number of thiazole rings is 1. The van der Waals surface area contributed by atoms with Crippen molar-refractivity contribution in [3.63, 3.8) is 0 Å². The third-order valence-electron chi connectivity index (χ3n) is 2.72. The topological polar surface area (TPSA) is 37.8 Å². The molecule has 0 amide bonds. The second-order valence-electron chi connectivity index (χ2n) is 4.25. The number of hydrogen-bond donors (Lipinski definition) is 1. The molecule has 3 nitrogen and oxygen atoms in total. The van der Waals surface area contributed by atoms with Gasteiger partial charge in [0, 0.05) is 11.8 Å². The van der Waals surface area contributed by atoms with Gasteiger partial charge in [-0.2, -0.15) is 0 Å². The molecule has 0 aliphatic carbocycles. The molecule has 0 bridgehead atoms. The summed E-state index contributed by atoms with van der Waals surface area (Å²) in [5, 5.41) is 4.00. The van der Waals surface area contributed by atoms with Crippen molar-refractivity contribution in [1.82, 2.24) is 9.97 Å². The van der Waals surface area contributed by atoms with E-state index in [4.69, 9.17) is 0 Å². The monoisotopic (exact) mass is 273 g/mol. The lowest BCUT2D eigenvalue weighted by Crippen LogP contribution is -2.01. The second-order valence-corrected chi connectivity index (χ2v) is 5.29. The van der Waals surface area contributed by atoms with Gasteiger partial charge in [-0.3, -0.25) is 4.98 Å². The van der Waals surface area contributed by atoms with Crippen LogP contribution in [0.4, 0.5) is 9.52 Å². The predicted octanol–water partition coefficient (Wildman–Crippen LogP) is 3.75. The average Bonchev–Trinajstić information content (AvgIpc) is 2.78. The smallest absolute Gasteiger partial charge is 0.184 e. The van der Waals surface area contributed by atoms with Crippen LogP contribution in [0.15, 0.2) is 36.4 Å². The Morgan fingerprint density at radius 1 is 1.21 bits per heavy atom. The molecule has 0 saturated carbocycles. The Morgan fingerprint density at radius 3 is 2.95 bits per heavy atom. The minimum Gasteiger partial charge on any atom is -0.356 e. The summed E-state index contributed by atoms with van der Waals surface area (Å²) in [6.07, 6.45) is 0. The molecule has 2 heterocycles. The number of anilines is 1. The maximum absolute atomic E-state index is 13.1. The minimum absolute atomic E-state index is 0.260. The van der Waals surface area contributed by atoms with Gasteiger partial charge in [0.25, 0.3) is 0 Å². The van der Waals surface area contributed by atoms with Crippen molar-refractivity contribution >= 4 is 26.7 Å². The zero-order valence-corrected chi connectivity index (χ0v) is 11.2. The molecule has 1 N–H and O–H groups in total. The molecular weight excluding hydrogens is 261 g/mol. The van der Waals surface area contributed by atoms with Crippen LogP contribution in [-0.2, 0) is 6.54 Å². The van der Waals surface area contributed by atoms with Crippen molar-refractivity contribution in [3.05, 3.63) is 53.6 Å². The van der Waals surface area contributed by atoms with Crippen molar-refractivity contribution in [1.29, 1.82) is 0 Å². The van der Waals surface area contributed by atoms with Crippen molar-refractivity contribution < 1.29 is 4.39 Å². The zero-order chi connectivity index (χ0) is 13.2. The SMILES string of the molecule is Cc1cccc(CNc2nc3cc(F)ccc3s2)n1. The second kappa shape index (κ2) is 4.93. The maximum atomic E-state index is 13.1. The van der Waals surface area contributed by atoms with E-state index < -0.39 is 0 Å². The lowest BCUT2D eigenvalue weighted by Gasteiger charge is -2.02. The highest BCUT2D eigenvalue weighted by Crippen LogP contribution is 2.26. The largest absolute Gasteiger partial charge is 0.356 e. The van der Waals surface area contributed by atoms with Gasteiger partial charge >= 0.3 is 0 Å². The Morgan fingerprint density at radius 2 is 2.11 bits per heavy atom. The minimum atomic E-state index is -0.260. The summed E-state index contributed by atoms with van der Waals surface area (Å²) in [6, 6.07) is 10.6. The molecule has 2 aromatic heterocycles. The van der Waals surface area contributed by atoms with Crippen LogP contribution in [0.1, 0.15) is 11.4 Å². The number of hydrogen-bond acceptors (Lipinski definition) is 4. The summed E-state index contributed by atoms with van der Waals surface area (Å²) in [5.41, 5.74) is 2.64. The van der Waals surface area contributed by atoms with Crippen LogP contribution in [0.2, 0.25) is 0 Å². The first-order valence-electron chi connectivity index (χ1n) is 5.93. The first kappa shape index (κ1) is 12.0. The molecule has 3 aromatic rings. The number of nitrogens with zero attached hydrogens (tertiary/aromatic N) is 2. The highest BCUT2D eigenvalue weighted by molar-refractivity contribution is 7.22. The van der Waals surface area contributed by atoms with Gasteiger partial charge in [0.15, 0.2) is 5.13 Å². The first-order valence-corrected chi connectivity index (χ1v) is 6.75. The van der Waals surface area contributed by atoms with Crippen molar-refractivity contribution in [2.75, 3.05) is 5.32 Å². The quantitative estimate of drug-likeness (QED) is 0.789. The lowest BCUT2D eigenvalue weighted by atomic mass is 10.3. The number of rotatable bonds is 3. The van der Waals surface area contributed by atoms with Gasteiger partial charge in [0.05, 0.1) is 22.5 Å². The Bertz CT molecular complexity index is 724. The number of nitrogens with one attached hydrogen (secondary N) is 1. The number of halogens is 1. The molecule has 0 unspecified atom stereocenters. The summed E-state index contributed by atoms with van der Waals surface area (Å²) in [7, 11) is 0. The lowest BCUT2D eigenvalue weighted by molar-refractivity contribution is 0.629. The number of aromatic nitrogens is 2. The fraction of sp³-hybridized carbons (Fsp3) is 0.143. The summed E-state index contributed by atoms with van der Waals surface area (Å²) in [4.78, 5) is 8.76. The molecule has 5 heteroatoms. The molecule has 0 radical (unpaired) electrons. The number of aryl methyl sites for hydroxylation is 1. The van der Waals surface area contributed by atoms with Crippen LogP contribution in [0.25, 0.3) is 10.2 Å². The highest BCUT2D eigenvalue weighted by atomic mass is 32.1. The van der Waals surface area contributed by atoms with E-state index in [0.717, 1.165) is 21.2 Å². The number of fused-ring (bicyclic) bond motifs is 1. The van der Waals surface area contributed by atoms with Gasteiger partial charge in [-0.15, -0.1) is 0 Å². The van der Waals surface area contributed by atoms with E-state index in [1.807, 2.05) is 25.1 Å². The van der Waals surface area contributed by atoms with E-state index in [2.05, 4.69) is 15.3 Å². The van der Waals surface area contributed by atoms with Crippen LogP contribution >= 0.6 is 11.3 Å². The fourth-order valence-corrected chi connectivity index (χ4v) is 2.68. The van der Waals surface area contributed by atoms with Gasteiger partial charge in [-0.25, -0.2) is 9.37 Å². The molecule has 96 valence electrons. The summed E-state index contributed by atoms with van der Waals surface area (Å²) < 4.78 is 14.0. The third-order valence-corrected chi connectivity index (χ3v) is 3.71. The Balaban J connectivity index is 1.78. The molecule has 19 heavy (non-hydrogen) atoms. The van der Waals surface area contributed by atoms with E-state index in [9.17, 15) is 4.39 Å². The van der Waals surface area contributed by atoms with Crippen molar-refractivity contribution in [2.24, 2.45) is 0 Å². The van der Waals surface area contributed by atoms with Crippen LogP contribution in [0, 0.1) is 12.7 Å².